The summed E-state index contributed by atoms with van der Waals surface area (Å²) in [5, 5.41) is 4.28. The van der Waals surface area contributed by atoms with Gasteiger partial charge in [0, 0.05) is 11.3 Å². The summed E-state index contributed by atoms with van der Waals surface area (Å²) in [6.07, 6.45) is 2.46. The number of rotatable bonds is 4. The predicted octanol–water partition coefficient (Wildman–Crippen LogP) is 3.27. The van der Waals surface area contributed by atoms with Crippen molar-refractivity contribution >= 4 is 38.2 Å². The molecule has 0 amide bonds. The van der Waals surface area contributed by atoms with Gasteiger partial charge in [-0.05, 0) is 48.5 Å². The lowest BCUT2D eigenvalue weighted by Crippen LogP contribution is -2.23. The topological polar surface area (TPSA) is 126 Å². The van der Waals surface area contributed by atoms with Crippen molar-refractivity contribution in [3.8, 4) is 22.9 Å². The maximum atomic E-state index is 13.9. The average Bonchev–Trinajstić information content (AvgIpc) is 3.22. The van der Waals surface area contributed by atoms with E-state index in [0.29, 0.717) is 27.8 Å². The number of para-hydroxylation sites is 1. The van der Waals surface area contributed by atoms with Crippen LogP contribution in [0.2, 0.25) is 5.02 Å². The molecule has 0 bridgehead atoms. The van der Waals surface area contributed by atoms with Gasteiger partial charge in [0.25, 0.3) is 5.56 Å². The number of nitrogens with zero attached hydrogens (tertiary/aromatic N) is 5. The fourth-order valence-corrected chi connectivity index (χ4v) is 4.49. The molecule has 0 radical (unpaired) electrons. The highest BCUT2D eigenvalue weighted by Gasteiger charge is 2.27. The number of benzene rings is 2. The molecule has 0 aliphatic heterocycles. The van der Waals surface area contributed by atoms with Gasteiger partial charge < -0.3 is 5.73 Å². The molecule has 34 heavy (non-hydrogen) atoms. The summed E-state index contributed by atoms with van der Waals surface area (Å²) >= 11 is 6.04. The molecule has 5 aromatic rings. The van der Waals surface area contributed by atoms with Crippen LogP contribution in [0, 0.1) is 0 Å². The molecule has 3 aromatic heterocycles. The SMILES string of the molecule is CS(=O)(=O)c1nn(-c2ccccc2)c2nc(-c3ccc(N)cn3)n(-c3ccc(Cl)cc3)c(=O)c12. The lowest BCUT2D eigenvalue weighted by molar-refractivity contribution is 0.597. The van der Waals surface area contributed by atoms with Gasteiger partial charge in [0.2, 0.25) is 0 Å². The zero-order chi connectivity index (χ0) is 24.0. The molecule has 2 N–H and O–H groups in total. The number of halogens is 1. The van der Waals surface area contributed by atoms with E-state index in [9.17, 15) is 13.2 Å². The van der Waals surface area contributed by atoms with Crippen molar-refractivity contribution in [3.05, 3.63) is 88.3 Å². The largest absolute Gasteiger partial charge is 0.397 e. The zero-order valence-corrected chi connectivity index (χ0v) is 19.3. The first-order chi connectivity index (χ1) is 16.2. The van der Waals surface area contributed by atoms with Gasteiger partial charge in [0.1, 0.15) is 11.1 Å². The summed E-state index contributed by atoms with van der Waals surface area (Å²) in [5.74, 6) is 0.192. The van der Waals surface area contributed by atoms with E-state index in [0.717, 1.165) is 6.26 Å². The maximum Gasteiger partial charge on any atom is 0.270 e. The highest BCUT2D eigenvalue weighted by molar-refractivity contribution is 7.90. The molecular formula is C23H17ClN6O3S. The lowest BCUT2D eigenvalue weighted by atomic mass is 10.2. The number of anilines is 1. The molecular weight excluding hydrogens is 476 g/mol. The van der Waals surface area contributed by atoms with Gasteiger partial charge in [-0.2, -0.15) is 5.10 Å². The Bertz CT molecular complexity index is 1690. The van der Waals surface area contributed by atoms with E-state index >= 15 is 0 Å². The third-order valence-corrected chi connectivity index (χ3v) is 6.36. The second kappa shape index (κ2) is 8.08. The first-order valence-electron chi connectivity index (χ1n) is 10.0. The summed E-state index contributed by atoms with van der Waals surface area (Å²) in [6.45, 7) is 0. The molecule has 2 aromatic carbocycles. The van der Waals surface area contributed by atoms with Crippen molar-refractivity contribution in [1.82, 2.24) is 24.3 Å². The van der Waals surface area contributed by atoms with Crippen LogP contribution in [-0.4, -0.2) is 39.0 Å². The minimum absolute atomic E-state index is 0.0930. The van der Waals surface area contributed by atoms with Crippen LogP contribution in [0.4, 0.5) is 5.69 Å². The molecule has 0 unspecified atom stereocenters. The standard InChI is InChI=1S/C23H17ClN6O3S/c1-34(32,33)22-19-21(30(28-22)17-5-3-2-4-6-17)27-20(18-12-9-15(25)13-26-18)29(23(19)31)16-10-7-14(24)8-11-16/h2-13H,25H2,1H3. The lowest BCUT2D eigenvalue weighted by Gasteiger charge is -2.13. The van der Waals surface area contributed by atoms with E-state index < -0.39 is 15.4 Å². The average molecular weight is 493 g/mol. The first kappa shape index (κ1) is 21.8. The van der Waals surface area contributed by atoms with E-state index in [1.807, 2.05) is 6.07 Å². The van der Waals surface area contributed by atoms with Crippen LogP contribution in [0.25, 0.3) is 33.9 Å². The minimum Gasteiger partial charge on any atom is -0.397 e. The second-order valence-electron chi connectivity index (χ2n) is 7.55. The molecule has 0 aliphatic rings. The molecule has 0 aliphatic carbocycles. The van der Waals surface area contributed by atoms with Gasteiger partial charge in [-0.25, -0.2) is 18.1 Å². The summed E-state index contributed by atoms with van der Waals surface area (Å²) in [5.41, 5.74) is 7.07. The van der Waals surface area contributed by atoms with Gasteiger partial charge >= 0.3 is 0 Å². The third kappa shape index (κ3) is 3.72. The van der Waals surface area contributed by atoms with Crippen molar-refractivity contribution in [2.45, 2.75) is 5.03 Å². The molecule has 170 valence electrons. The maximum absolute atomic E-state index is 13.9. The normalized spacial score (nSPS) is 11.7. The molecule has 3 heterocycles. The monoisotopic (exact) mass is 492 g/mol. The van der Waals surface area contributed by atoms with Gasteiger partial charge in [0.05, 0.1) is 23.3 Å². The van der Waals surface area contributed by atoms with Gasteiger partial charge in [-0.3, -0.25) is 14.3 Å². The highest BCUT2D eigenvalue weighted by Crippen LogP contribution is 2.27. The van der Waals surface area contributed by atoms with E-state index in [1.165, 1.54) is 15.4 Å². The molecule has 11 heteroatoms. The van der Waals surface area contributed by atoms with Crippen LogP contribution in [-0.2, 0) is 9.84 Å². The molecule has 5 rings (SSSR count). The molecule has 9 nitrogen and oxygen atoms in total. The Morgan fingerprint density at radius 1 is 0.941 bits per heavy atom. The predicted molar refractivity (Wildman–Crippen MR) is 130 cm³/mol. The van der Waals surface area contributed by atoms with Crippen molar-refractivity contribution in [2.24, 2.45) is 0 Å². The van der Waals surface area contributed by atoms with Crippen LogP contribution >= 0.6 is 11.6 Å². The van der Waals surface area contributed by atoms with Crippen molar-refractivity contribution in [3.63, 3.8) is 0 Å². The first-order valence-corrected chi connectivity index (χ1v) is 12.3. The summed E-state index contributed by atoms with van der Waals surface area (Å²) in [4.78, 5) is 23.0. The van der Waals surface area contributed by atoms with E-state index in [2.05, 4.69) is 10.1 Å². The summed E-state index contributed by atoms with van der Waals surface area (Å²) in [7, 11) is -3.87. The number of sulfone groups is 1. The van der Waals surface area contributed by atoms with Gasteiger partial charge in [0.15, 0.2) is 26.3 Å². The number of nitrogens with two attached hydrogens (primary N) is 1. The fraction of sp³-hybridized carbons (Fsp3) is 0.0435. The molecule has 0 atom stereocenters. The Morgan fingerprint density at radius 2 is 1.65 bits per heavy atom. The number of nitrogen functional groups attached to an aromatic ring is 1. The number of hydrogen-bond acceptors (Lipinski definition) is 7. The summed E-state index contributed by atoms with van der Waals surface area (Å²) in [6, 6.07) is 18.7. The smallest absolute Gasteiger partial charge is 0.270 e. The van der Waals surface area contributed by atoms with E-state index in [-0.39, 0.29) is 21.9 Å². The molecule has 0 saturated carbocycles. The number of pyridine rings is 1. The zero-order valence-electron chi connectivity index (χ0n) is 17.8. The number of aromatic nitrogens is 5. The number of fused-ring (bicyclic) bond motifs is 1. The minimum atomic E-state index is -3.87. The highest BCUT2D eigenvalue weighted by atomic mass is 35.5. The van der Waals surface area contributed by atoms with Crippen molar-refractivity contribution in [2.75, 3.05) is 12.0 Å². The Balaban J connectivity index is 1.96. The summed E-state index contributed by atoms with van der Waals surface area (Å²) < 4.78 is 27.9. The van der Waals surface area contributed by atoms with Crippen LogP contribution < -0.4 is 11.3 Å². The quantitative estimate of drug-likeness (QED) is 0.408. The van der Waals surface area contributed by atoms with Crippen molar-refractivity contribution < 1.29 is 8.42 Å². The third-order valence-electron chi connectivity index (χ3n) is 5.12. The van der Waals surface area contributed by atoms with Crippen molar-refractivity contribution in [1.29, 1.82) is 0 Å². The molecule has 0 spiro atoms. The fourth-order valence-electron chi connectivity index (χ4n) is 3.59. The van der Waals surface area contributed by atoms with Crippen LogP contribution in [0.15, 0.2) is 82.7 Å². The van der Waals surface area contributed by atoms with Crippen LogP contribution in [0.5, 0.6) is 0 Å². The van der Waals surface area contributed by atoms with Crippen LogP contribution in [0.1, 0.15) is 0 Å². The Hall–Kier alpha value is -4.02. The van der Waals surface area contributed by atoms with Gasteiger partial charge in [-0.15, -0.1) is 0 Å². The molecule has 0 saturated heterocycles. The van der Waals surface area contributed by atoms with Gasteiger partial charge in [-0.1, -0.05) is 29.8 Å². The Kier molecular flexibility index (Phi) is 5.18. The van der Waals surface area contributed by atoms with E-state index in [1.54, 1.807) is 60.7 Å². The second-order valence-corrected chi connectivity index (χ2v) is 9.92. The Morgan fingerprint density at radius 3 is 2.26 bits per heavy atom. The van der Waals surface area contributed by atoms with E-state index in [4.69, 9.17) is 22.3 Å². The van der Waals surface area contributed by atoms with Crippen LogP contribution in [0.3, 0.4) is 0 Å². The molecule has 0 fully saturated rings. The number of hydrogen-bond donors (Lipinski definition) is 1. The Labute approximate surface area is 199 Å².